The van der Waals surface area contributed by atoms with Gasteiger partial charge in [0.1, 0.15) is 23.1 Å². The molecule has 1 fully saturated rings. The zero-order valence-electron chi connectivity index (χ0n) is 13.1. The number of rotatable bonds is 2. The van der Waals surface area contributed by atoms with E-state index >= 15 is 0 Å². The first-order valence-electron chi connectivity index (χ1n) is 7.93. The van der Waals surface area contributed by atoms with E-state index in [1.54, 1.807) is 4.90 Å². The van der Waals surface area contributed by atoms with Gasteiger partial charge in [-0.25, -0.2) is 13.8 Å². The topological polar surface area (TPSA) is 72.6 Å². The van der Waals surface area contributed by atoms with Crippen LogP contribution in [-0.2, 0) is 27.3 Å². The molecular formula is C17H14F2N2O4. The second-order valence-electron chi connectivity index (χ2n) is 6.07. The smallest absolute Gasteiger partial charge is 0.306 e. The highest BCUT2D eigenvalue weighted by atomic mass is 19.1. The molecular weight excluding hydrogens is 334 g/mol. The van der Waals surface area contributed by atoms with E-state index < -0.39 is 17.7 Å². The second kappa shape index (κ2) is 5.94. The zero-order valence-corrected chi connectivity index (χ0v) is 13.1. The van der Waals surface area contributed by atoms with Crippen LogP contribution >= 0.6 is 0 Å². The van der Waals surface area contributed by atoms with Crippen molar-refractivity contribution in [1.29, 1.82) is 0 Å². The summed E-state index contributed by atoms with van der Waals surface area (Å²) in [6.07, 6.45) is 0.326. The fourth-order valence-corrected chi connectivity index (χ4v) is 3.09. The molecule has 0 N–H and O–H groups in total. The summed E-state index contributed by atoms with van der Waals surface area (Å²) >= 11 is 0. The summed E-state index contributed by atoms with van der Waals surface area (Å²) in [5.74, 6) is -1.35. The van der Waals surface area contributed by atoms with Gasteiger partial charge in [0.05, 0.1) is 6.54 Å². The number of hydrogen-bond donors (Lipinski definition) is 0. The summed E-state index contributed by atoms with van der Waals surface area (Å²) in [7, 11) is 0. The Kier molecular flexibility index (Phi) is 3.74. The van der Waals surface area contributed by atoms with E-state index in [0.29, 0.717) is 30.8 Å². The molecule has 4 rings (SSSR count). The lowest BCUT2D eigenvalue weighted by molar-refractivity contribution is -0.153. The van der Waals surface area contributed by atoms with E-state index in [4.69, 9.17) is 9.15 Å². The van der Waals surface area contributed by atoms with Crippen LogP contribution in [0.2, 0.25) is 0 Å². The number of oxazole rings is 1. The first-order chi connectivity index (χ1) is 12.0. The Bertz CT molecular complexity index is 844. The minimum absolute atomic E-state index is 0.116. The molecule has 8 heteroatoms. The van der Waals surface area contributed by atoms with Crippen molar-refractivity contribution < 1.29 is 27.5 Å². The van der Waals surface area contributed by atoms with Gasteiger partial charge in [-0.05, 0) is 12.1 Å². The maximum absolute atomic E-state index is 13.4. The summed E-state index contributed by atoms with van der Waals surface area (Å²) in [6.45, 7) is 0.621. The largest absolute Gasteiger partial charge is 0.452 e. The van der Waals surface area contributed by atoms with Gasteiger partial charge in [0.2, 0.25) is 5.89 Å². The number of amides is 1. The van der Waals surface area contributed by atoms with Crippen molar-refractivity contribution in [3.05, 3.63) is 41.3 Å². The third-order valence-corrected chi connectivity index (χ3v) is 4.31. The minimum Gasteiger partial charge on any atom is -0.452 e. The van der Waals surface area contributed by atoms with Gasteiger partial charge in [0.25, 0.3) is 5.91 Å². The monoisotopic (exact) mass is 348 g/mol. The maximum atomic E-state index is 13.4. The minimum atomic E-state index is -0.738. The fraction of sp³-hybridized carbons (Fsp3) is 0.353. The third kappa shape index (κ3) is 2.99. The Hall–Kier alpha value is -2.77. The van der Waals surface area contributed by atoms with Crippen LogP contribution in [-0.4, -0.2) is 34.4 Å². The average molecular weight is 348 g/mol. The number of carbonyl (C=O) groups is 2. The van der Waals surface area contributed by atoms with Crippen LogP contribution < -0.4 is 0 Å². The molecule has 0 unspecified atom stereocenters. The number of fused-ring (bicyclic) bond motifs is 1. The highest BCUT2D eigenvalue weighted by Gasteiger charge is 2.35. The van der Waals surface area contributed by atoms with Crippen LogP contribution in [0, 0.1) is 11.6 Å². The number of esters is 1. The van der Waals surface area contributed by atoms with E-state index in [-0.39, 0.29) is 36.3 Å². The first kappa shape index (κ1) is 15.7. The molecule has 25 heavy (non-hydrogen) atoms. The molecule has 0 bridgehead atoms. The highest BCUT2D eigenvalue weighted by molar-refractivity contribution is 5.86. The molecule has 2 aromatic rings. The Labute approximate surface area is 141 Å². The van der Waals surface area contributed by atoms with Gasteiger partial charge in [0.15, 0.2) is 6.10 Å². The number of cyclic esters (lactones) is 1. The van der Waals surface area contributed by atoms with Gasteiger partial charge in [-0.2, -0.15) is 0 Å². The third-order valence-electron chi connectivity index (χ3n) is 4.31. The van der Waals surface area contributed by atoms with Crippen molar-refractivity contribution >= 4 is 11.9 Å². The zero-order chi connectivity index (χ0) is 17.6. The lowest BCUT2D eigenvalue weighted by Crippen LogP contribution is -2.42. The van der Waals surface area contributed by atoms with Crippen LogP contribution in [0.4, 0.5) is 8.78 Å². The quantitative estimate of drug-likeness (QED) is 0.778. The molecule has 0 aliphatic carbocycles. The SMILES string of the molecule is O=C1CC[C@H](C(=O)N2CCc3oc(-c4cc(F)cc(F)c4)nc3C2)O1. The molecule has 1 amide bonds. The van der Waals surface area contributed by atoms with Crippen molar-refractivity contribution in [3.63, 3.8) is 0 Å². The predicted octanol–water partition coefficient (Wildman–Crippen LogP) is 2.21. The number of aromatic nitrogens is 1. The molecule has 2 aliphatic rings. The lowest BCUT2D eigenvalue weighted by atomic mass is 10.1. The molecule has 0 saturated carbocycles. The van der Waals surface area contributed by atoms with Crippen molar-refractivity contribution in [3.8, 4) is 11.5 Å². The van der Waals surface area contributed by atoms with Gasteiger partial charge in [-0.15, -0.1) is 0 Å². The normalized spacial score (nSPS) is 19.7. The first-order valence-corrected chi connectivity index (χ1v) is 7.93. The molecule has 1 saturated heterocycles. The predicted molar refractivity (Wildman–Crippen MR) is 80.1 cm³/mol. The molecule has 1 aromatic carbocycles. The van der Waals surface area contributed by atoms with Crippen LogP contribution in [0.1, 0.15) is 24.3 Å². The fourth-order valence-electron chi connectivity index (χ4n) is 3.09. The number of benzene rings is 1. The number of hydrogen-bond acceptors (Lipinski definition) is 5. The molecule has 0 spiro atoms. The molecule has 0 radical (unpaired) electrons. The van der Waals surface area contributed by atoms with E-state index in [1.165, 1.54) is 0 Å². The molecule has 1 aromatic heterocycles. The van der Waals surface area contributed by atoms with Gasteiger partial charge >= 0.3 is 5.97 Å². The maximum Gasteiger partial charge on any atom is 0.306 e. The van der Waals surface area contributed by atoms with Gasteiger partial charge in [-0.1, -0.05) is 0 Å². The highest BCUT2D eigenvalue weighted by Crippen LogP contribution is 2.28. The molecule has 6 nitrogen and oxygen atoms in total. The number of nitrogens with zero attached hydrogens (tertiary/aromatic N) is 2. The summed E-state index contributed by atoms with van der Waals surface area (Å²) in [5.41, 5.74) is 0.748. The Morgan fingerprint density at radius 3 is 2.64 bits per heavy atom. The van der Waals surface area contributed by atoms with Crippen molar-refractivity contribution in [1.82, 2.24) is 9.88 Å². The summed E-state index contributed by atoms with van der Waals surface area (Å²) in [5, 5.41) is 0. The summed E-state index contributed by atoms with van der Waals surface area (Å²) in [6, 6.07) is 3.05. The number of ether oxygens (including phenoxy) is 1. The second-order valence-corrected chi connectivity index (χ2v) is 6.07. The van der Waals surface area contributed by atoms with E-state index in [0.717, 1.165) is 18.2 Å². The van der Waals surface area contributed by atoms with Crippen LogP contribution in [0.25, 0.3) is 11.5 Å². The molecule has 3 heterocycles. The van der Waals surface area contributed by atoms with E-state index in [9.17, 15) is 18.4 Å². The lowest BCUT2D eigenvalue weighted by Gasteiger charge is -2.27. The van der Waals surface area contributed by atoms with Crippen LogP contribution in [0.15, 0.2) is 22.6 Å². The Morgan fingerprint density at radius 2 is 1.96 bits per heavy atom. The Balaban J connectivity index is 1.55. The van der Waals surface area contributed by atoms with Gasteiger partial charge in [0, 0.05) is 37.4 Å². The van der Waals surface area contributed by atoms with Crippen LogP contribution in [0.3, 0.4) is 0 Å². The summed E-state index contributed by atoms with van der Waals surface area (Å²) in [4.78, 5) is 29.4. The Morgan fingerprint density at radius 1 is 1.20 bits per heavy atom. The number of carbonyl (C=O) groups excluding carboxylic acids is 2. The van der Waals surface area contributed by atoms with Crippen molar-refractivity contribution in [2.24, 2.45) is 0 Å². The molecule has 1 atom stereocenters. The molecule has 130 valence electrons. The summed E-state index contributed by atoms with van der Waals surface area (Å²) < 4.78 is 37.3. The van der Waals surface area contributed by atoms with E-state index in [2.05, 4.69) is 4.98 Å². The average Bonchev–Trinajstić information content (AvgIpc) is 3.18. The molecule has 2 aliphatic heterocycles. The van der Waals surface area contributed by atoms with Crippen molar-refractivity contribution in [2.45, 2.75) is 31.9 Å². The van der Waals surface area contributed by atoms with Crippen molar-refractivity contribution in [2.75, 3.05) is 6.54 Å². The van der Waals surface area contributed by atoms with Crippen LogP contribution in [0.5, 0.6) is 0 Å². The standard InChI is InChI=1S/C17H14F2N2O4/c18-10-5-9(6-11(19)7-10)16-20-12-8-21(4-3-13(12)25-16)17(23)14-1-2-15(22)24-14/h5-7,14H,1-4,8H2/t14-/m1/s1. The van der Waals surface area contributed by atoms with E-state index in [1.807, 2.05) is 0 Å². The van der Waals surface area contributed by atoms with Gasteiger partial charge < -0.3 is 14.1 Å². The van der Waals surface area contributed by atoms with Gasteiger partial charge in [-0.3, -0.25) is 9.59 Å². The number of halogens is 2.